The average molecular weight is 389 g/mol. The first kappa shape index (κ1) is 22.8. The molecule has 0 bridgehead atoms. The standard InChI is InChI=1S/C27H36N2/c1-3-5-7-9-21-29(22-10-8-6-4-2)27-19-17-25(18-20-27)12-11-24-13-15-26(23-28)16-14-24/h11-20H,3-10,21-22H2,1-2H3/b12-11+. The third kappa shape index (κ3) is 8.57. The first-order valence-electron chi connectivity index (χ1n) is 11.3. The molecule has 0 fully saturated rings. The first-order valence-corrected chi connectivity index (χ1v) is 11.3. The molecule has 0 atom stereocenters. The number of anilines is 1. The van der Waals surface area contributed by atoms with Crippen LogP contribution in [-0.4, -0.2) is 13.1 Å². The molecule has 29 heavy (non-hydrogen) atoms. The highest BCUT2D eigenvalue weighted by Gasteiger charge is 2.06. The lowest BCUT2D eigenvalue weighted by atomic mass is 10.1. The zero-order chi connectivity index (χ0) is 20.7. The molecule has 0 aliphatic heterocycles. The van der Waals surface area contributed by atoms with Crippen LogP contribution >= 0.6 is 0 Å². The molecular weight excluding hydrogens is 352 g/mol. The Kier molecular flexibility index (Phi) is 10.7. The molecule has 0 amide bonds. The number of unbranched alkanes of at least 4 members (excludes halogenated alkanes) is 6. The van der Waals surface area contributed by atoms with E-state index in [0.717, 1.165) is 18.7 Å². The molecule has 0 unspecified atom stereocenters. The van der Waals surface area contributed by atoms with Crippen molar-refractivity contribution < 1.29 is 0 Å². The van der Waals surface area contributed by atoms with E-state index in [9.17, 15) is 0 Å². The SMILES string of the molecule is CCCCCCN(CCCCCC)c1ccc(/C=C/c2ccc(C#N)cc2)cc1. The molecule has 2 aromatic carbocycles. The maximum atomic E-state index is 8.90. The lowest BCUT2D eigenvalue weighted by Gasteiger charge is -2.25. The molecule has 0 aromatic heterocycles. The van der Waals surface area contributed by atoms with Gasteiger partial charge in [-0.1, -0.05) is 88.8 Å². The average Bonchev–Trinajstić information content (AvgIpc) is 2.77. The molecule has 154 valence electrons. The predicted octanol–water partition coefficient (Wildman–Crippen LogP) is 7.70. The van der Waals surface area contributed by atoms with Gasteiger partial charge in [-0.15, -0.1) is 0 Å². The molecule has 2 heteroatoms. The van der Waals surface area contributed by atoms with E-state index in [-0.39, 0.29) is 0 Å². The van der Waals surface area contributed by atoms with E-state index in [1.165, 1.54) is 62.6 Å². The minimum absolute atomic E-state index is 0.699. The second-order valence-corrected chi connectivity index (χ2v) is 7.77. The van der Waals surface area contributed by atoms with Crippen molar-refractivity contribution in [1.82, 2.24) is 0 Å². The molecule has 0 heterocycles. The van der Waals surface area contributed by atoms with E-state index in [2.05, 4.69) is 61.2 Å². The summed E-state index contributed by atoms with van der Waals surface area (Å²) in [5.41, 5.74) is 4.36. The fraction of sp³-hybridized carbons (Fsp3) is 0.444. The Bertz CT molecular complexity index is 739. The summed E-state index contributed by atoms with van der Waals surface area (Å²) in [6.07, 6.45) is 14.7. The highest BCUT2D eigenvalue weighted by Crippen LogP contribution is 2.19. The Labute approximate surface area is 177 Å². The third-order valence-corrected chi connectivity index (χ3v) is 5.33. The van der Waals surface area contributed by atoms with Crippen LogP contribution < -0.4 is 4.90 Å². The summed E-state index contributed by atoms with van der Waals surface area (Å²) in [6, 6.07) is 18.8. The van der Waals surface area contributed by atoms with Gasteiger partial charge in [0, 0.05) is 18.8 Å². The van der Waals surface area contributed by atoms with Gasteiger partial charge < -0.3 is 4.90 Å². The van der Waals surface area contributed by atoms with Crippen LogP contribution in [0.15, 0.2) is 48.5 Å². The van der Waals surface area contributed by atoms with Gasteiger partial charge in [-0.2, -0.15) is 5.26 Å². The molecule has 0 saturated carbocycles. The van der Waals surface area contributed by atoms with Gasteiger partial charge in [-0.25, -0.2) is 0 Å². The topological polar surface area (TPSA) is 27.0 Å². The van der Waals surface area contributed by atoms with Gasteiger partial charge in [-0.05, 0) is 48.2 Å². The Morgan fingerprint density at radius 2 is 1.17 bits per heavy atom. The number of nitriles is 1. The smallest absolute Gasteiger partial charge is 0.0991 e. The van der Waals surface area contributed by atoms with Crippen molar-refractivity contribution >= 4 is 17.8 Å². The highest BCUT2D eigenvalue weighted by atomic mass is 15.1. The summed E-state index contributed by atoms with van der Waals surface area (Å²) >= 11 is 0. The largest absolute Gasteiger partial charge is 0.372 e. The van der Waals surface area contributed by atoms with Crippen LogP contribution in [0.25, 0.3) is 12.2 Å². The number of nitrogens with zero attached hydrogens (tertiary/aromatic N) is 2. The van der Waals surface area contributed by atoms with E-state index in [1.54, 1.807) is 0 Å². The quantitative estimate of drug-likeness (QED) is 0.260. The second-order valence-electron chi connectivity index (χ2n) is 7.77. The molecule has 2 rings (SSSR count). The van der Waals surface area contributed by atoms with Gasteiger partial charge in [0.15, 0.2) is 0 Å². The van der Waals surface area contributed by atoms with Crippen molar-refractivity contribution in [2.75, 3.05) is 18.0 Å². The van der Waals surface area contributed by atoms with Crippen molar-refractivity contribution in [1.29, 1.82) is 5.26 Å². The van der Waals surface area contributed by atoms with Gasteiger partial charge in [0.05, 0.1) is 11.6 Å². The maximum absolute atomic E-state index is 8.90. The van der Waals surface area contributed by atoms with Gasteiger partial charge in [-0.3, -0.25) is 0 Å². The third-order valence-electron chi connectivity index (χ3n) is 5.33. The number of hydrogen-bond acceptors (Lipinski definition) is 2. The molecule has 2 nitrogen and oxygen atoms in total. The molecule has 2 aromatic rings. The molecule has 0 saturated heterocycles. The number of benzene rings is 2. The van der Waals surface area contributed by atoms with Crippen LogP contribution in [0.4, 0.5) is 5.69 Å². The summed E-state index contributed by atoms with van der Waals surface area (Å²) in [7, 11) is 0. The summed E-state index contributed by atoms with van der Waals surface area (Å²) < 4.78 is 0. The van der Waals surface area contributed by atoms with Gasteiger partial charge in [0.25, 0.3) is 0 Å². The number of hydrogen-bond donors (Lipinski definition) is 0. The zero-order valence-corrected chi connectivity index (χ0v) is 18.2. The molecular formula is C27H36N2. The molecule has 0 aliphatic rings. The highest BCUT2D eigenvalue weighted by molar-refractivity contribution is 5.70. The first-order chi connectivity index (χ1) is 14.3. The van der Waals surface area contributed by atoms with Crippen LogP contribution in [-0.2, 0) is 0 Å². The maximum Gasteiger partial charge on any atom is 0.0991 e. The van der Waals surface area contributed by atoms with Crippen molar-refractivity contribution in [3.05, 3.63) is 65.2 Å². The summed E-state index contributed by atoms with van der Waals surface area (Å²) in [5.74, 6) is 0. The van der Waals surface area contributed by atoms with Crippen molar-refractivity contribution in [3.8, 4) is 6.07 Å². The van der Waals surface area contributed by atoms with Crippen molar-refractivity contribution in [2.45, 2.75) is 65.2 Å². The second kappa shape index (κ2) is 13.6. The van der Waals surface area contributed by atoms with Gasteiger partial charge in [0.2, 0.25) is 0 Å². The van der Waals surface area contributed by atoms with Crippen LogP contribution in [0.3, 0.4) is 0 Å². The van der Waals surface area contributed by atoms with Gasteiger partial charge in [0.1, 0.15) is 0 Å². The van der Waals surface area contributed by atoms with E-state index in [4.69, 9.17) is 5.26 Å². The molecule has 0 aliphatic carbocycles. The molecule has 0 spiro atoms. The lowest BCUT2D eigenvalue weighted by Crippen LogP contribution is -2.25. The van der Waals surface area contributed by atoms with E-state index >= 15 is 0 Å². The Hall–Kier alpha value is -2.53. The summed E-state index contributed by atoms with van der Waals surface area (Å²) in [4.78, 5) is 2.57. The van der Waals surface area contributed by atoms with E-state index in [1.807, 2.05) is 24.3 Å². The summed E-state index contributed by atoms with van der Waals surface area (Å²) in [5, 5.41) is 8.90. The minimum atomic E-state index is 0.699. The fourth-order valence-corrected chi connectivity index (χ4v) is 3.49. The minimum Gasteiger partial charge on any atom is -0.372 e. The van der Waals surface area contributed by atoms with Crippen molar-refractivity contribution in [2.24, 2.45) is 0 Å². The molecule has 0 radical (unpaired) electrons. The van der Waals surface area contributed by atoms with E-state index < -0.39 is 0 Å². The van der Waals surface area contributed by atoms with Crippen molar-refractivity contribution in [3.63, 3.8) is 0 Å². The van der Waals surface area contributed by atoms with E-state index in [0.29, 0.717) is 5.56 Å². The number of rotatable bonds is 13. The summed E-state index contributed by atoms with van der Waals surface area (Å²) in [6.45, 7) is 6.86. The van der Waals surface area contributed by atoms with Crippen LogP contribution in [0.5, 0.6) is 0 Å². The fourth-order valence-electron chi connectivity index (χ4n) is 3.49. The predicted molar refractivity (Wildman–Crippen MR) is 127 cm³/mol. The monoisotopic (exact) mass is 388 g/mol. The molecule has 0 N–H and O–H groups in total. The van der Waals surface area contributed by atoms with Crippen LogP contribution in [0, 0.1) is 11.3 Å². The Balaban J connectivity index is 1.97. The van der Waals surface area contributed by atoms with Gasteiger partial charge >= 0.3 is 0 Å². The Morgan fingerprint density at radius 3 is 1.62 bits per heavy atom. The lowest BCUT2D eigenvalue weighted by molar-refractivity contribution is 0.609. The van der Waals surface area contributed by atoms with Crippen LogP contribution in [0.1, 0.15) is 81.9 Å². The van der Waals surface area contributed by atoms with Crippen LogP contribution in [0.2, 0.25) is 0 Å². The normalized spacial score (nSPS) is 10.9. The zero-order valence-electron chi connectivity index (χ0n) is 18.2. The Morgan fingerprint density at radius 1 is 0.690 bits per heavy atom.